The number of nitrogens with two attached hydrogens (primary N) is 1. The largest absolute Gasteiger partial charge is 0.493 e. The summed E-state index contributed by atoms with van der Waals surface area (Å²) in [5, 5.41) is 0. The third-order valence-corrected chi connectivity index (χ3v) is 2.69. The first-order valence-corrected chi connectivity index (χ1v) is 6.11. The van der Waals surface area contributed by atoms with Crippen LogP contribution in [0.5, 0.6) is 5.75 Å². The van der Waals surface area contributed by atoms with Gasteiger partial charge in [0.05, 0.1) is 6.61 Å². The summed E-state index contributed by atoms with van der Waals surface area (Å²) in [7, 11) is 1.71. The highest BCUT2D eigenvalue weighted by Gasteiger charge is 2.06. The minimum absolute atomic E-state index is 0.687. The summed E-state index contributed by atoms with van der Waals surface area (Å²) in [6.45, 7) is 6.29. The van der Waals surface area contributed by atoms with Crippen molar-refractivity contribution >= 4 is 0 Å². The van der Waals surface area contributed by atoms with E-state index >= 15 is 0 Å². The van der Waals surface area contributed by atoms with E-state index in [0.29, 0.717) is 13.2 Å². The van der Waals surface area contributed by atoms with Crippen molar-refractivity contribution in [1.82, 2.24) is 0 Å². The van der Waals surface area contributed by atoms with E-state index in [4.69, 9.17) is 15.2 Å². The SMILES string of the molecule is COCCCOc1c(C)cc(CCN)cc1C. The van der Waals surface area contributed by atoms with Crippen LogP contribution in [0.3, 0.4) is 0 Å². The molecule has 0 radical (unpaired) electrons. The Kier molecular flexibility index (Phi) is 6.01. The predicted octanol–water partition coefficient (Wildman–Crippen LogP) is 2.22. The lowest BCUT2D eigenvalue weighted by Gasteiger charge is -2.13. The first-order chi connectivity index (χ1) is 8.19. The second-order valence-corrected chi connectivity index (χ2v) is 4.29. The van der Waals surface area contributed by atoms with Crippen molar-refractivity contribution in [3.63, 3.8) is 0 Å². The molecular weight excluding hydrogens is 214 g/mol. The highest BCUT2D eigenvalue weighted by molar-refractivity contribution is 5.43. The maximum atomic E-state index is 5.79. The lowest BCUT2D eigenvalue weighted by molar-refractivity contribution is 0.171. The second kappa shape index (κ2) is 7.30. The molecule has 0 saturated heterocycles. The van der Waals surface area contributed by atoms with Gasteiger partial charge in [-0.25, -0.2) is 0 Å². The van der Waals surface area contributed by atoms with Gasteiger partial charge in [0.2, 0.25) is 0 Å². The van der Waals surface area contributed by atoms with Crippen LogP contribution < -0.4 is 10.5 Å². The van der Waals surface area contributed by atoms with Gasteiger partial charge in [-0.2, -0.15) is 0 Å². The Hall–Kier alpha value is -1.06. The fourth-order valence-electron chi connectivity index (χ4n) is 1.96. The first kappa shape index (κ1) is 14.0. The standard InChI is InChI=1S/C14H23NO2/c1-11-9-13(5-6-15)10-12(2)14(11)17-8-4-7-16-3/h9-10H,4-8,15H2,1-3H3. The summed E-state index contributed by atoms with van der Waals surface area (Å²) in [5.74, 6) is 1.00. The normalized spacial score (nSPS) is 10.6. The molecule has 0 heterocycles. The molecule has 0 unspecified atom stereocenters. The van der Waals surface area contributed by atoms with E-state index in [1.807, 2.05) is 0 Å². The monoisotopic (exact) mass is 237 g/mol. The van der Waals surface area contributed by atoms with E-state index in [1.165, 1.54) is 16.7 Å². The number of hydrogen-bond acceptors (Lipinski definition) is 3. The van der Waals surface area contributed by atoms with Crippen molar-refractivity contribution in [2.75, 3.05) is 26.9 Å². The number of benzene rings is 1. The molecule has 3 nitrogen and oxygen atoms in total. The average molecular weight is 237 g/mol. The van der Waals surface area contributed by atoms with Crippen LogP contribution >= 0.6 is 0 Å². The van der Waals surface area contributed by atoms with Crippen LogP contribution in [0.15, 0.2) is 12.1 Å². The van der Waals surface area contributed by atoms with Crippen molar-refractivity contribution in [3.8, 4) is 5.75 Å². The van der Waals surface area contributed by atoms with Crippen LogP contribution in [0, 0.1) is 13.8 Å². The van der Waals surface area contributed by atoms with Crippen molar-refractivity contribution in [1.29, 1.82) is 0 Å². The van der Waals surface area contributed by atoms with Crippen LogP contribution in [0.1, 0.15) is 23.1 Å². The molecule has 0 aliphatic carbocycles. The Balaban J connectivity index is 2.65. The van der Waals surface area contributed by atoms with E-state index in [1.54, 1.807) is 7.11 Å². The molecule has 0 fully saturated rings. The zero-order valence-electron chi connectivity index (χ0n) is 11.1. The average Bonchev–Trinajstić information content (AvgIpc) is 2.27. The first-order valence-electron chi connectivity index (χ1n) is 6.11. The van der Waals surface area contributed by atoms with Crippen LogP contribution in [-0.4, -0.2) is 26.9 Å². The second-order valence-electron chi connectivity index (χ2n) is 4.29. The maximum absolute atomic E-state index is 5.79. The molecule has 17 heavy (non-hydrogen) atoms. The van der Waals surface area contributed by atoms with Gasteiger partial charge in [0.1, 0.15) is 5.75 Å². The Morgan fingerprint density at radius 2 is 1.76 bits per heavy atom. The summed E-state index contributed by atoms with van der Waals surface area (Å²) >= 11 is 0. The number of hydrogen-bond donors (Lipinski definition) is 1. The highest BCUT2D eigenvalue weighted by Crippen LogP contribution is 2.25. The van der Waals surface area contributed by atoms with Crippen molar-refractivity contribution in [3.05, 3.63) is 28.8 Å². The van der Waals surface area contributed by atoms with Gasteiger partial charge >= 0.3 is 0 Å². The van der Waals surface area contributed by atoms with Crippen LogP contribution in [-0.2, 0) is 11.2 Å². The van der Waals surface area contributed by atoms with Crippen molar-refractivity contribution in [2.24, 2.45) is 5.73 Å². The lowest BCUT2D eigenvalue weighted by atomic mass is 10.0. The predicted molar refractivity (Wildman–Crippen MR) is 70.7 cm³/mol. The Labute approximate surface area is 104 Å². The molecule has 0 atom stereocenters. The fourth-order valence-corrected chi connectivity index (χ4v) is 1.96. The lowest BCUT2D eigenvalue weighted by Crippen LogP contribution is -2.06. The Morgan fingerprint density at radius 3 is 2.29 bits per heavy atom. The van der Waals surface area contributed by atoms with Gasteiger partial charge in [0.15, 0.2) is 0 Å². The van der Waals surface area contributed by atoms with Gasteiger partial charge < -0.3 is 15.2 Å². The maximum Gasteiger partial charge on any atom is 0.125 e. The molecule has 0 amide bonds. The van der Waals surface area contributed by atoms with Gasteiger partial charge in [-0.15, -0.1) is 0 Å². The number of ether oxygens (including phenoxy) is 2. The highest BCUT2D eigenvalue weighted by atomic mass is 16.5. The summed E-state index contributed by atoms with van der Waals surface area (Å²) in [6, 6.07) is 4.32. The molecule has 1 aromatic carbocycles. The van der Waals surface area contributed by atoms with E-state index in [0.717, 1.165) is 25.2 Å². The number of rotatable bonds is 7. The zero-order valence-corrected chi connectivity index (χ0v) is 11.1. The molecule has 0 bridgehead atoms. The van der Waals surface area contributed by atoms with Crippen molar-refractivity contribution < 1.29 is 9.47 Å². The van der Waals surface area contributed by atoms with E-state index in [2.05, 4.69) is 26.0 Å². The molecular formula is C14H23NO2. The fraction of sp³-hybridized carbons (Fsp3) is 0.571. The third kappa shape index (κ3) is 4.36. The van der Waals surface area contributed by atoms with Gasteiger partial charge in [-0.3, -0.25) is 0 Å². The van der Waals surface area contributed by atoms with Crippen LogP contribution in [0.25, 0.3) is 0 Å². The zero-order chi connectivity index (χ0) is 12.7. The third-order valence-electron chi connectivity index (χ3n) is 2.69. The minimum atomic E-state index is 0.687. The summed E-state index contributed by atoms with van der Waals surface area (Å²) < 4.78 is 10.8. The Bertz CT molecular complexity index is 327. The Morgan fingerprint density at radius 1 is 1.12 bits per heavy atom. The summed E-state index contributed by atoms with van der Waals surface area (Å²) in [4.78, 5) is 0. The molecule has 0 spiro atoms. The molecule has 0 aromatic heterocycles. The molecule has 1 rings (SSSR count). The molecule has 0 saturated carbocycles. The summed E-state index contributed by atoms with van der Waals surface area (Å²) in [6.07, 6.45) is 1.84. The molecule has 0 aliphatic heterocycles. The van der Waals surface area contributed by atoms with Crippen molar-refractivity contribution in [2.45, 2.75) is 26.7 Å². The van der Waals surface area contributed by atoms with E-state index in [-0.39, 0.29) is 0 Å². The van der Waals surface area contributed by atoms with E-state index in [9.17, 15) is 0 Å². The molecule has 3 heteroatoms. The quantitative estimate of drug-likeness (QED) is 0.740. The molecule has 1 aromatic rings. The minimum Gasteiger partial charge on any atom is -0.493 e. The topological polar surface area (TPSA) is 44.5 Å². The smallest absolute Gasteiger partial charge is 0.125 e. The van der Waals surface area contributed by atoms with Gasteiger partial charge in [0.25, 0.3) is 0 Å². The number of methoxy groups -OCH3 is 1. The molecule has 2 N–H and O–H groups in total. The van der Waals surface area contributed by atoms with Crippen LogP contribution in [0.2, 0.25) is 0 Å². The van der Waals surface area contributed by atoms with Gasteiger partial charge in [-0.05, 0) is 43.5 Å². The molecule has 96 valence electrons. The number of aryl methyl sites for hydroxylation is 2. The van der Waals surface area contributed by atoms with Crippen LogP contribution in [0.4, 0.5) is 0 Å². The van der Waals surface area contributed by atoms with E-state index < -0.39 is 0 Å². The summed E-state index contributed by atoms with van der Waals surface area (Å²) in [5.41, 5.74) is 9.22. The van der Waals surface area contributed by atoms with Gasteiger partial charge in [0, 0.05) is 20.1 Å². The molecule has 0 aliphatic rings. The van der Waals surface area contributed by atoms with Gasteiger partial charge in [-0.1, -0.05) is 12.1 Å².